The number of imidazole rings is 1. The molecule has 2 heterocycles. The van der Waals surface area contributed by atoms with Gasteiger partial charge in [0.2, 0.25) is 5.78 Å². The molecule has 0 aliphatic carbocycles. The van der Waals surface area contributed by atoms with Crippen LogP contribution in [0, 0.1) is 5.82 Å². The molecule has 0 fully saturated rings. The van der Waals surface area contributed by atoms with Crippen molar-refractivity contribution in [1.29, 1.82) is 0 Å². The third kappa shape index (κ3) is 2.63. The molecule has 2 aromatic carbocycles. The highest BCUT2D eigenvalue weighted by atomic mass is 32.2. The minimum absolute atomic E-state index is 0.272. The van der Waals surface area contributed by atoms with Crippen LogP contribution in [-0.2, 0) is 0 Å². The van der Waals surface area contributed by atoms with E-state index in [4.69, 9.17) is 4.74 Å². The van der Waals surface area contributed by atoms with Gasteiger partial charge in [0.05, 0.1) is 17.6 Å². The van der Waals surface area contributed by atoms with Crippen molar-refractivity contribution in [3.05, 3.63) is 54.3 Å². The molecule has 0 aliphatic heterocycles. The van der Waals surface area contributed by atoms with Crippen LogP contribution in [-0.4, -0.2) is 31.9 Å². The molecule has 0 saturated carbocycles. The van der Waals surface area contributed by atoms with Gasteiger partial charge in [-0.15, -0.1) is 5.10 Å². The first-order valence-corrected chi connectivity index (χ1v) is 8.13. The van der Waals surface area contributed by atoms with E-state index in [1.54, 1.807) is 18.2 Å². The summed E-state index contributed by atoms with van der Waals surface area (Å²) in [4.78, 5) is 4.47. The molecule has 4 aromatic rings. The molecule has 116 valence electrons. The number of rotatable bonds is 5. The lowest BCUT2D eigenvalue weighted by molar-refractivity contribution is 0.325. The number of aromatic nitrogens is 4. The van der Waals surface area contributed by atoms with Gasteiger partial charge in [-0.25, -0.2) is 14.5 Å². The van der Waals surface area contributed by atoms with Crippen LogP contribution in [0.4, 0.5) is 4.39 Å². The van der Waals surface area contributed by atoms with Gasteiger partial charge in [0, 0.05) is 5.75 Å². The summed E-state index contributed by atoms with van der Waals surface area (Å²) in [5, 5.41) is 8.01. The number of H-pyrrole nitrogens is 1. The first kappa shape index (κ1) is 14.1. The second-order valence-corrected chi connectivity index (χ2v) is 5.96. The summed E-state index contributed by atoms with van der Waals surface area (Å²) in [7, 11) is 0. The third-order valence-corrected chi connectivity index (χ3v) is 4.32. The Kier molecular flexibility index (Phi) is 3.63. The van der Waals surface area contributed by atoms with Crippen LogP contribution >= 0.6 is 11.8 Å². The number of hydrogen-bond donors (Lipinski definition) is 1. The van der Waals surface area contributed by atoms with E-state index in [1.807, 2.05) is 28.7 Å². The van der Waals surface area contributed by atoms with E-state index in [0.29, 0.717) is 18.1 Å². The SMILES string of the molecule is Fc1ccccc1OCCSc1n[nH]c2nc3ccccc3n12. The van der Waals surface area contributed by atoms with Crippen molar-refractivity contribution in [3.8, 4) is 5.75 Å². The Morgan fingerprint density at radius 2 is 1.96 bits per heavy atom. The third-order valence-electron chi connectivity index (χ3n) is 3.41. The van der Waals surface area contributed by atoms with Crippen LogP contribution in [0.15, 0.2) is 53.7 Å². The molecule has 0 bridgehead atoms. The second-order valence-electron chi connectivity index (χ2n) is 4.89. The Morgan fingerprint density at radius 3 is 2.87 bits per heavy atom. The maximum Gasteiger partial charge on any atom is 0.231 e. The van der Waals surface area contributed by atoms with E-state index in [-0.39, 0.29) is 11.6 Å². The van der Waals surface area contributed by atoms with E-state index in [2.05, 4.69) is 15.2 Å². The van der Waals surface area contributed by atoms with Gasteiger partial charge in [0.1, 0.15) is 0 Å². The zero-order valence-corrected chi connectivity index (χ0v) is 12.9. The van der Waals surface area contributed by atoms with Crippen LogP contribution in [0.3, 0.4) is 0 Å². The van der Waals surface area contributed by atoms with E-state index in [0.717, 1.165) is 16.2 Å². The Bertz CT molecular complexity index is 965. The number of ether oxygens (including phenoxy) is 1. The monoisotopic (exact) mass is 328 g/mol. The normalized spacial score (nSPS) is 11.3. The lowest BCUT2D eigenvalue weighted by atomic mass is 10.3. The average Bonchev–Trinajstić information content (AvgIpc) is 3.12. The lowest BCUT2D eigenvalue weighted by Gasteiger charge is -2.06. The first-order valence-electron chi connectivity index (χ1n) is 7.14. The summed E-state index contributed by atoms with van der Waals surface area (Å²) >= 11 is 1.53. The Labute approximate surface area is 135 Å². The molecule has 5 nitrogen and oxygen atoms in total. The van der Waals surface area contributed by atoms with Crippen molar-refractivity contribution in [2.24, 2.45) is 0 Å². The van der Waals surface area contributed by atoms with E-state index in [1.165, 1.54) is 17.8 Å². The summed E-state index contributed by atoms with van der Waals surface area (Å²) in [6.07, 6.45) is 0. The Morgan fingerprint density at radius 1 is 1.13 bits per heavy atom. The highest BCUT2D eigenvalue weighted by Gasteiger charge is 2.11. The molecule has 0 spiro atoms. The number of nitrogens with one attached hydrogen (secondary N) is 1. The largest absolute Gasteiger partial charge is 0.490 e. The van der Waals surface area contributed by atoms with Gasteiger partial charge in [-0.3, -0.25) is 4.40 Å². The molecular weight excluding hydrogens is 315 g/mol. The Balaban J connectivity index is 1.47. The highest BCUT2D eigenvalue weighted by Crippen LogP contribution is 2.23. The predicted molar refractivity (Wildman–Crippen MR) is 87.5 cm³/mol. The number of aromatic amines is 1. The van der Waals surface area contributed by atoms with Gasteiger partial charge in [0.15, 0.2) is 16.7 Å². The van der Waals surface area contributed by atoms with E-state index in [9.17, 15) is 4.39 Å². The van der Waals surface area contributed by atoms with Crippen LogP contribution in [0.25, 0.3) is 16.8 Å². The molecule has 7 heteroatoms. The fourth-order valence-corrected chi connectivity index (χ4v) is 3.16. The van der Waals surface area contributed by atoms with Crippen molar-refractivity contribution in [1.82, 2.24) is 19.6 Å². The van der Waals surface area contributed by atoms with Crippen molar-refractivity contribution < 1.29 is 9.13 Å². The van der Waals surface area contributed by atoms with Crippen LogP contribution < -0.4 is 4.74 Å². The summed E-state index contributed by atoms with van der Waals surface area (Å²) in [5.74, 6) is 1.29. The van der Waals surface area contributed by atoms with E-state index >= 15 is 0 Å². The molecule has 0 saturated heterocycles. The lowest BCUT2D eigenvalue weighted by Crippen LogP contribution is -2.02. The minimum Gasteiger partial charge on any atom is -0.490 e. The number of benzene rings is 2. The average molecular weight is 328 g/mol. The fraction of sp³-hybridized carbons (Fsp3) is 0.125. The smallest absolute Gasteiger partial charge is 0.231 e. The number of thioether (sulfide) groups is 1. The summed E-state index contributed by atoms with van der Waals surface area (Å²) < 4.78 is 20.9. The summed E-state index contributed by atoms with van der Waals surface area (Å²) in [6.45, 7) is 0.395. The quantitative estimate of drug-likeness (QED) is 0.450. The standard InChI is InChI=1S/C16H13FN4OS/c17-11-5-1-4-8-14(11)22-9-10-23-16-20-19-15-18-12-6-2-3-7-13(12)21(15)16/h1-8H,9-10H2,(H,18,19). The summed E-state index contributed by atoms with van der Waals surface area (Å²) in [5.41, 5.74) is 1.93. The second kappa shape index (κ2) is 5.92. The van der Waals surface area contributed by atoms with Crippen molar-refractivity contribution in [3.63, 3.8) is 0 Å². The van der Waals surface area contributed by atoms with Crippen LogP contribution in [0.5, 0.6) is 5.75 Å². The number of halogens is 1. The van der Waals surface area contributed by atoms with Crippen molar-refractivity contribution >= 4 is 28.6 Å². The molecule has 0 unspecified atom stereocenters. The molecule has 1 N–H and O–H groups in total. The predicted octanol–water partition coefficient (Wildman–Crippen LogP) is 3.52. The van der Waals surface area contributed by atoms with E-state index < -0.39 is 0 Å². The van der Waals surface area contributed by atoms with Crippen LogP contribution in [0.1, 0.15) is 0 Å². The molecule has 0 atom stereocenters. The first-order chi connectivity index (χ1) is 11.3. The molecule has 2 aromatic heterocycles. The van der Waals surface area contributed by atoms with Crippen molar-refractivity contribution in [2.45, 2.75) is 5.16 Å². The molecule has 4 rings (SSSR count). The molecule has 0 radical (unpaired) electrons. The van der Waals surface area contributed by atoms with Gasteiger partial charge in [0.25, 0.3) is 0 Å². The number of para-hydroxylation sites is 3. The van der Waals surface area contributed by atoms with Gasteiger partial charge >= 0.3 is 0 Å². The van der Waals surface area contributed by atoms with Crippen LogP contribution in [0.2, 0.25) is 0 Å². The zero-order chi connectivity index (χ0) is 15.6. The van der Waals surface area contributed by atoms with Gasteiger partial charge in [-0.1, -0.05) is 36.0 Å². The number of nitrogens with zero attached hydrogens (tertiary/aromatic N) is 3. The van der Waals surface area contributed by atoms with Crippen molar-refractivity contribution in [2.75, 3.05) is 12.4 Å². The highest BCUT2D eigenvalue weighted by molar-refractivity contribution is 7.99. The topological polar surface area (TPSA) is 55.2 Å². The minimum atomic E-state index is -0.347. The fourth-order valence-electron chi connectivity index (χ4n) is 2.39. The maximum absolute atomic E-state index is 13.5. The Hall–Kier alpha value is -2.54. The van der Waals surface area contributed by atoms with Gasteiger partial charge < -0.3 is 4.74 Å². The zero-order valence-electron chi connectivity index (χ0n) is 12.1. The number of hydrogen-bond acceptors (Lipinski definition) is 4. The number of fused-ring (bicyclic) bond motifs is 3. The van der Waals surface area contributed by atoms with Gasteiger partial charge in [-0.2, -0.15) is 0 Å². The maximum atomic E-state index is 13.5. The molecular formula is C16H13FN4OS. The molecule has 23 heavy (non-hydrogen) atoms. The molecule has 0 amide bonds. The summed E-state index contributed by atoms with van der Waals surface area (Å²) in [6, 6.07) is 14.3. The molecule has 0 aliphatic rings. The van der Waals surface area contributed by atoms with Gasteiger partial charge in [-0.05, 0) is 24.3 Å².